The minimum atomic E-state index is -0.905. The molecular weight excluding hydrogens is 268 g/mol. The summed E-state index contributed by atoms with van der Waals surface area (Å²) in [5, 5.41) is 0. The summed E-state index contributed by atoms with van der Waals surface area (Å²) in [5.74, 6) is -3.26. The minimum absolute atomic E-state index is 0.131. The maximum Gasteiger partial charge on any atom is 0.397 e. The lowest BCUT2D eigenvalue weighted by atomic mass is 10.3. The fourth-order valence-electron chi connectivity index (χ4n) is 1.76. The third-order valence-electron chi connectivity index (χ3n) is 2.75. The maximum absolute atomic E-state index is 11.7. The molecular formula is C12H18N2O6. The van der Waals surface area contributed by atoms with E-state index in [9.17, 15) is 19.2 Å². The van der Waals surface area contributed by atoms with Gasteiger partial charge >= 0.3 is 23.8 Å². The van der Waals surface area contributed by atoms with Crippen LogP contribution in [0.2, 0.25) is 0 Å². The van der Waals surface area contributed by atoms with Crippen LogP contribution >= 0.6 is 0 Å². The van der Waals surface area contributed by atoms with Crippen molar-refractivity contribution in [2.75, 3.05) is 39.4 Å². The van der Waals surface area contributed by atoms with E-state index < -0.39 is 23.8 Å². The number of rotatable bonds is 2. The van der Waals surface area contributed by atoms with Crippen LogP contribution in [0.5, 0.6) is 0 Å². The molecule has 1 aliphatic rings. The van der Waals surface area contributed by atoms with Gasteiger partial charge in [0, 0.05) is 26.2 Å². The topological polar surface area (TPSA) is 93.2 Å². The van der Waals surface area contributed by atoms with Crippen LogP contribution in [0, 0.1) is 0 Å². The molecule has 0 saturated carbocycles. The Labute approximate surface area is 116 Å². The first-order chi connectivity index (χ1) is 9.51. The molecule has 112 valence electrons. The largest absolute Gasteiger partial charge is 0.459 e. The van der Waals surface area contributed by atoms with Gasteiger partial charge in [0.25, 0.3) is 0 Å². The number of hydrogen-bond donors (Lipinski definition) is 0. The van der Waals surface area contributed by atoms with Crippen molar-refractivity contribution in [3.8, 4) is 0 Å². The molecule has 1 aliphatic heterocycles. The van der Waals surface area contributed by atoms with E-state index >= 15 is 0 Å². The fourth-order valence-corrected chi connectivity index (χ4v) is 1.76. The molecule has 2 amide bonds. The number of esters is 2. The molecule has 0 aromatic rings. The standard InChI is InChI=1S/C12H18N2O6/c1-3-19-11(17)9(15)13-5-7-14(8-6-13)10(16)12(18)20-4-2/h3-8H2,1-2H3. The maximum atomic E-state index is 11.7. The van der Waals surface area contributed by atoms with Gasteiger partial charge in [0.2, 0.25) is 0 Å². The lowest BCUT2D eigenvalue weighted by Crippen LogP contribution is -2.53. The fraction of sp³-hybridized carbons (Fsp3) is 0.667. The van der Waals surface area contributed by atoms with Crippen LogP contribution in [0.3, 0.4) is 0 Å². The van der Waals surface area contributed by atoms with Gasteiger partial charge in [-0.25, -0.2) is 9.59 Å². The van der Waals surface area contributed by atoms with Gasteiger partial charge in [0.05, 0.1) is 13.2 Å². The lowest BCUT2D eigenvalue weighted by Gasteiger charge is -2.33. The van der Waals surface area contributed by atoms with Gasteiger partial charge in [0.15, 0.2) is 0 Å². The van der Waals surface area contributed by atoms with E-state index in [2.05, 4.69) is 9.47 Å². The number of carbonyl (C=O) groups is 4. The van der Waals surface area contributed by atoms with E-state index in [0.717, 1.165) is 0 Å². The molecule has 8 heteroatoms. The van der Waals surface area contributed by atoms with Crippen LogP contribution in [-0.2, 0) is 28.7 Å². The van der Waals surface area contributed by atoms with E-state index in [1.54, 1.807) is 13.8 Å². The Morgan fingerprint density at radius 3 is 1.30 bits per heavy atom. The number of amides is 2. The molecule has 0 bridgehead atoms. The van der Waals surface area contributed by atoms with Crippen molar-refractivity contribution in [1.29, 1.82) is 0 Å². The van der Waals surface area contributed by atoms with Gasteiger partial charge in [0.1, 0.15) is 0 Å². The van der Waals surface area contributed by atoms with Crippen LogP contribution in [-0.4, -0.2) is 72.9 Å². The number of carbonyl (C=O) groups excluding carboxylic acids is 4. The summed E-state index contributed by atoms with van der Waals surface area (Å²) < 4.78 is 9.23. The van der Waals surface area contributed by atoms with Crippen molar-refractivity contribution in [2.24, 2.45) is 0 Å². The third-order valence-corrected chi connectivity index (χ3v) is 2.75. The van der Waals surface area contributed by atoms with Crippen LogP contribution < -0.4 is 0 Å². The average Bonchev–Trinajstić information content (AvgIpc) is 2.46. The van der Waals surface area contributed by atoms with E-state index in [-0.39, 0.29) is 39.4 Å². The Hall–Kier alpha value is -2.12. The zero-order valence-electron chi connectivity index (χ0n) is 11.6. The summed E-state index contributed by atoms with van der Waals surface area (Å²) >= 11 is 0. The summed E-state index contributed by atoms with van der Waals surface area (Å²) in [6.07, 6.45) is 0. The normalized spacial score (nSPS) is 14.7. The molecule has 8 nitrogen and oxygen atoms in total. The molecule has 0 aliphatic carbocycles. The highest BCUT2D eigenvalue weighted by atomic mass is 16.5. The number of piperazine rings is 1. The Morgan fingerprint density at radius 2 is 1.05 bits per heavy atom. The predicted octanol–water partition coefficient (Wildman–Crippen LogP) is -1.22. The Balaban J connectivity index is 2.47. The second-order valence-electron chi connectivity index (χ2n) is 4.03. The average molecular weight is 286 g/mol. The van der Waals surface area contributed by atoms with Crippen molar-refractivity contribution < 1.29 is 28.7 Å². The zero-order valence-corrected chi connectivity index (χ0v) is 11.6. The van der Waals surface area contributed by atoms with Gasteiger partial charge in [-0.1, -0.05) is 0 Å². The number of hydrogen-bond acceptors (Lipinski definition) is 6. The van der Waals surface area contributed by atoms with Gasteiger partial charge in [-0.3, -0.25) is 9.59 Å². The van der Waals surface area contributed by atoms with Crippen molar-refractivity contribution in [2.45, 2.75) is 13.8 Å². The lowest BCUT2D eigenvalue weighted by molar-refractivity contribution is -0.164. The molecule has 0 atom stereocenters. The highest BCUT2D eigenvalue weighted by Gasteiger charge is 2.31. The molecule has 0 N–H and O–H groups in total. The molecule has 1 saturated heterocycles. The molecule has 20 heavy (non-hydrogen) atoms. The third kappa shape index (κ3) is 3.94. The van der Waals surface area contributed by atoms with Gasteiger partial charge in [-0.15, -0.1) is 0 Å². The van der Waals surface area contributed by atoms with Gasteiger partial charge in [-0.2, -0.15) is 0 Å². The zero-order chi connectivity index (χ0) is 15.1. The Kier molecular flexibility index (Phi) is 5.95. The summed E-state index contributed by atoms with van der Waals surface area (Å²) in [7, 11) is 0. The van der Waals surface area contributed by atoms with E-state index in [1.807, 2.05) is 0 Å². The summed E-state index contributed by atoms with van der Waals surface area (Å²) in [5.41, 5.74) is 0. The van der Waals surface area contributed by atoms with Gasteiger partial charge < -0.3 is 19.3 Å². The summed E-state index contributed by atoms with van der Waals surface area (Å²) in [6.45, 7) is 4.22. The van der Waals surface area contributed by atoms with Crippen LogP contribution in [0.1, 0.15) is 13.8 Å². The highest BCUT2D eigenvalue weighted by Crippen LogP contribution is 2.04. The molecule has 0 spiro atoms. The van der Waals surface area contributed by atoms with Crippen LogP contribution in [0.15, 0.2) is 0 Å². The molecule has 1 fully saturated rings. The molecule has 1 rings (SSSR count). The Bertz CT molecular complexity index is 363. The number of nitrogens with zero attached hydrogens (tertiary/aromatic N) is 2. The van der Waals surface area contributed by atoms with Gasteiger partial charge in [-0.05, 0) is 13.8 Å². The van der Waals surface area contributed by atoms with Crippen molar-refractivity contribution in [3.63, 3.8) is 0 Å². The first kappa shape index (κ1) is 15.9. The summed E-state index contributed by atoms with van der Waals surface area (Å²) in [4.78, 5) is 48.5. The molecule has 1 heterocycles. The van der Waals surface area contributed by atoms with E-state index in [4.69, 9.17) is 0 Å². The number of ether oxygens (including phenoxy) is 2. The van der Waals surface area contributed by atoms with Crippen LogP contribution in [0.25, 0.3) is 0 Å². The summed E-state index contributed by atoms with van der Waals surface area (Å²) in [6, 6.07) is 0. The van der Waals surface area contributed by atoms with Crippen molar-refractivity contribution >= 4 is 23.8 Å². The Morgan fingerprint density at radius 1 is 0.750 bits per heavy atom. The smallest absolute Gasteiger partial charge is 0.397 e. The van der Waals surface area contributed by atoms with Crippen LogP contribution in [0.4, 0.5) is 0 Å². The molecule has 0 aromatic heterocycles. The molecule has 0 unspecified atom stereocenters. The highest BCUT2D eigenvalue weighted by molar-refractivity contribution is 6.33. The second-order valence-corrected chi connectivity index (χ2v) is 4.03. The quantitative estimate of drug-likeness (QED) is 0.467. The van der Waals surface area contributed by atoms with E-state index in [0.29, 0.717) is 0 Å². The minimum Gasteiger partial charge on any atom is -0.459 e. The van der Waals surface area contributed by atoms with E-state index in [1.165, 1.54) is 9.80 Å². The SMILES string of the molecule is CCOC(=O)C(=O)N1CCN(C(=O)C(=O)OCC)CC1. The predicted molar refractivity (Wildman–Crippen MR) is 66.4 cm³/mol. The monoisotopic (exact) mass is 286 g/mol. The second kappa shape index (κ2) is 7.46. The molecule has 0 radical (unpaired) electrons. The molecule has 0 aromatic carbocycles. The van der Waals surface area contributed by atoms with Crippen molar-refractivity contribution in [1.82, 2.24) is 9.80 Å². The first-order valence-corrected chi connectivity index (χ1v) is 6.43. The van der Waals surface area contributed by atoms with Crippen molar-refractivity contribution in [3.05, 3.63) is 0 Å². The first-order valence-electron chi connectivity index (χ1n) is 6.43.